The van der Waals surface area contributed by atoms with Gasteiger partial charge in [0.1, 0.15) is 12.1 Å². The average Bonchev–Trinajstić information content (AvgIpc) is 2.85. The Morgan fingerprint density at radius 1 is 1.13 bits per heavy atom. The first-order chi connectivity index (χ1) is 13.9. The Kier molecular flexibility index (Phi) is 6.81. The summed E-state index contributed by atoms with van der Waals surface area (Å²) in [6, 6.07) is 5.43. The number of nitrogens with zero attached hydrogens (tertiary/aromatic N) is 1. The zero-order valence-electron chi connectivity index (χ0n) is 17.6. The largest absolute Gasteiger partial charge is 0.451 e. The molecule has 0 bridgehead atoms. The summed E-state index contributed by atoms with van der Waals surface area (Å²) in [5.41, 5.74) is 0.253. The first-order valence-corrected chi connectivity index (χ1v) is 9.46. The topological polar surface area (TPSA) is 134 Å². The van der Waals surface area contributed by atoms with Gasteiger partial charge in [0.2, 0.25) is 0 Å². The predicted octanol–water partition coefficient (Wildman–Crippen LogP) is 0.928. The lowest BCUT2D eigenvalue weighted by Gasteiger charge is -2.22. The minimum Gasteiger partial charge on any atom is -0.451 e. The second kappa shape index (κ2) is 8.93. The summed E-state index contributed by atoms with van der Waals surface area (Å²) in [4.78, 5) is 61.5. The number of benzene rings is 1. The van der Waals surface area contributed by atoms with Crippen molar-refractivity contribution in [3.8, 4) is 0 Å². The van der Waals surface area contributed by atoms with Gasteiger partial charge >= 0.3 is 18.0 Å². The number of ether oxygens (including phenoxy) is 1. The van der Waals surface area contributed by atoms with Gasteiger partial charge in [-0.15, -0.1) is 0 Å². The number of amides is 6. The third-order valence-corrected chi connectivity index (χ3v) is 4.53. The number of hydrogen-bond donors (Lipinski definition) is 3. The molecule has 10 nitrogen and oxygen atoms in total. The summed E-state index contributed by atoms with van der Waals surface area (Å²) in [5.74, 6) is -2.40. The Balaban J connectivity index is 1.98. The van der Waals surface area contributed by atoms with Crippen LogP contribution in [0.2, 0.25) is 0 Å². The third-order valence-electron chi connectivity index (χ3n) is 4.53. The van der Waals surface area contributed by atoms with Crippen molar-refractivity contribution in [2.24, 2.45) is 0 Å². The van der Waals surface area contributed by atoms with Crippen molar-refractivity contribution in [1.29, 1.82) is 0 Å². The molecule has 0 saturated carbocycles. The molecule has 1 heterocycles. The zero-order valence-corrected chi connectivity index (χ0v) is 17.6. The van der Waals surface area contributed by atoms with Crippen LogP contribution in [-0.4, -0.2) is 53.4 Å². The van der Waals surface area contributed by atoms with Crippen LogP contribution in [0.4, 0.5) is 9.59 Å². The Morgan fingerprint density at radius 3 is 2.30 bits per heavy atom. The number of urea groups is 2. The standard InChI is InChI=1S/C20H26N4O6/c1-11(2)21-18(28)22-16(26)13(4)30-15(25)10-24-17(27)20(5,23-19(24)29)14-8-6-12(3)7-9-14/h6-9,11,13H,10H2,1-5H3,(H,23,29)(H2,21,22,26,28)/t13-,20-/m1/s1. The van der Waals surface area contributed by atoms with Crippen LogP contribution in [0.5, 0.6) is 0 Å². The number of esters is 1. The monoisotopic (exact) mass is 418 g/mol. The Morgan fingerprint density at radius 2 is 1.73 bits per heavy atom. The molecular formula is C20H26N4O6. The molecular weight excluding hydrogens is 392 g/mol. The SMILES string of the molecule is Cc1ccc([C@@]2(C)NC(=O)N(CC(=O)O[C@H](C)C(=O)NC(=O)NC(C)C)C2=O)cc1. The number of nitrogens with one attached hydrogen (secondary N) is 3. The predicted molar refractivity (Wildman–Crippen MR) is 106 cm³/mol. The maximum atomic E-state index is 12.8. The number of imide groups is 2. The van der Waals surface area contributed by atoms with Gasteiger partial charge in [0.15, 0.2) is 6.10 Å². The first kappa shape index (κ1) is 22.9. The second-order valence-electron chi connectivity index (χ2n) is 7.56. The number of carbonyl (C=O) groups is 5. The van der Waals surface area contributed by atoms with E-state index in [2.05, 4.69) is 10.6 Å². The maximum absolute atomic E-state index is 12.8. The van der Waals surface area contributed by atoms with E-state index < -0.39 is 48.0 Å². The molecule has 1 aliphatic heterocycles. The van der Waals surface area contributed by atoms with Crippen LogP contribution in [-0.2, 0) is 24.7 Å². The van der Waals surface area contributed by atoms with E-state index in [1.807, 2.05) is 24.4 Å². The van der Waals surface area contributed by atoms with Gasteiger partial charge in [-0.25, -0.2) is 9.59 Å². The number of rotatable bonds is 6. The van der Waals surface area contributed by atoms with Crippen LogP contribution >= 0.6 is 0 Å². The van der Waals surface area contributed by atoms with Crippen LogP contribution in [0, 0.1) is 6.92 Å². The van der Waals surface area contributed by atoms with Gasteiger partial charge in [0, 0.05) is 6.04 Å². The van der Waals surface area contributed by atoms with Crippen LogP contribution in [0.25, 0.3) is 0 Å². The summed E-state index contributed by atoms with van der Waals surface area (Å²) >= 11 is 0. The Hall–Kier alpha value is -3.43. The van der Waals surface area contributed by atoms with Crippen LogP contribution in [0.15, 0.2) is 24.3 Å². The van der Waals surface area contributed by atoms with Crippen LogP contribution in [0.3, 0.4) is 0 Å². The summed E-state index contributed by atoms with van der Waals surface area (Å²) in [7, 11) is 0. The average molecular weight is 418 g/mol. The van der Waals surface area contributed by atoms with Gasteiger partial charge < -0.3 is 15.4 Å². The zero-order chi connectivity index (χ0) is 22.6. The van der Waals surface area contributed by atoms with Gasteiger partial charge in [-0.1, -0.05) is 29.8 Å². The molecule has 1 fully saturated rings. The summed E-state index contributed by atoms with van der Waals surface area (Å²) in [6.07, 6.45) is -1.29. The highest BCUT2D eigenvalue weighted by Gasteiger charge is 2.49. The molecule has 6 amide bonds. The van der Waals surface area contributed by atoms with Crippen molar-refractivity contribution in [2.45, 2.75) is 52.3 Å². The molecule has 162 valence electrons. The smallest absolute Gasteiger partial charge is 0.327 e. The van der Waals surface area contributed by atoms with Gasteiger partial charge in [-0.05, 0) is 40.2 Å². The molecule has 0 aromatic heterocycles. The van der Waals surface area contributed by atoms with E-state index in [-0.39, 0.29) is 6.04 Å². The van der Waals surface area contributed by atoms with E-state index in [0.29, 0.717) is 5.56 Å². The first-order valence-electron chi connectivity index (χ1n) is 9.46. The van der Waals surface area contributed by atoms with Crippen LogP contribution in [0.1, 0.15) is 38.8 Å². The van der Waals surface area contributed by atoms with E-state index in [1.165, 1.54) is 6.92 Å². The van der Waals surface area contributed by atoms with E-state index in [9.17, 15) is 24.0 Å². The number of aryl methyl sites for hydroxylation is 1. The van der Waals surface area contributed by atoms with Crippen molar-refractivity contribution in [3.05, 3.63) is 35.4 Å². The fraction of sp³-hybridized carbons (Fsp3) is 0.450. The fourth-order valence-electron chi connectivity index (χ4n) is 2.85. The second-order valence-corrected chi connectivity index (χ2v) is 7.56. The highest BCUT2D eigenvalue weighted by Crippen LogP contribution is 2.28. The molecule has 2 rings (SSSR count). The van der Waals surface area contributed by atoms with Gasteiger partial charge in [-0.3, -0.25) is 24.6 Å². The fourth-order valence-corrected chi connectivity index (χ4v) is 2.85. The van der Waals surface area contributed by atoms with Gasteiger partial charge in [0.05, 0.1) is 0 Å². The molecule has 2 atom stereocenters. The van der Waals surface area contributed by atoms with E-state index >= 15 is 0 Å². The number of hydrogen-bond acceptors (Lipinski definition) is 6. The Bertz CT molecular complexity index is 867. The summed E-state index contributed by atoms with van der Waals surface area (Å²) in [5, 5.41) is 7.09. The molecule has 1 aliphatic rings. The lowest BCUT2D eigenvalue weighted by Crippen LogP contribution is -2.47. The van der Waals surface area contributed by atoms with E-state index in [1.54, 1.807) is 32.9 Å². The number of carbonyl (C=O) groups excluding carboxylic acids is 5. The maximum Gasteiger partial charge on any atom is 0.327 e. The molecule has 1 aromatic carbocycles. The van der Waals surface area contributed by atoms with E-state index in [4.69, 9.17) is 4.74 Å². The molecule has 0 unspecified atom stereocenters. The lowest BCUT2D eigenvalue weighted by atomic mass is 9.91. The van der Waals surface area contributed by atoms with Crippen molar-refractivity contribution in [1.82, 2.24) is 20.9 Å². The minimum atomic E-state index is -1.32. The van der Waals surface area contributed by atoms with E-state index in [0.717, 1.165) is 10.5 Å². The normalized spacial score (nSPS) is 19.3. The van der Waals surface area contributed by atoms with Crippen molar-refractivity contribution >= 4 is 29.8 Å². The minimum absolute atomic E-state index is 0.182. The third kappa shape index (κ3) is 5.13. The van der Waals surface area contributed by atoms with Crippen LogP contribution < -0.4 is 16.0 Å². The molecule has 3 N–H and O–H groups in total. The summed E-state index contributed by atoms with van der Waals surface area (Å²) < 4.78 is 4.96. The molecule has 0 radical (unpaired) electrons. The van der Waals surface area contributed by atoms with Crippen molar-refractivity contribution in [3.63, 3.8) is 0 Å². The lowest BCUT2D eigenvalue weighted by molar-refractivity contribution is -0.156. The van der Waals surface area contributed by atoms with Gasteiger partial charge in [-0.2, -0.15) is 0 Å². The molecule has 1 aromatic rings. The Labute approximate surface area is 174 Å². The van der Waals surface area contributed by atoms with Crippen molar-refractivity contribution in [2.75, 3.05) is 6.54 Å². The molecule has 30 heavy (non-hydrogen) atoms. The highest BCUT2D eigenvalue weighted by molar-refractivity contribution is 6.09. The quantitative estimate of drug-likeness (QED) is 0.465. The molecule has 0 aliphatic carbocycles. The van der Waals surface area contributed by atoms with Crippen molar-refractivity contribution < 1.29 is 28.7 Å². The van der Waals surface area contributed by atoms with Gasteiger partial charge in [0.25, 0.3) is 11.8 Å². The molecule has 1 saturated heterocycles. The molecule has 10 heteroatoms. The molecule has 0 spiro atoms. The summed E-state index contributed by atoms with van der Waals surface area (Å²) in [6.45, 7) is 7.49. The highest BCUT2D eigenvalue weighted by atomic mass is 16.5.